The molecule has 1 aliphatic rings. The molecule has 5 rings (SSSR count). The Bertz CT molecular complexity index is 1460. The van der Waals surface area contributed by atoms with Crippen molar-refractivity contribution in [3.8, 4) is 5.75 Å². The summed E-state index contributed by atoms with van der Waals surface area (Å²) in [5.74, 6) is 1.06. The summed E-state index contributed by atoms with van der Waals surface area (Å²) < 4.78 is 25.5. The first kappa shape index (κ1) is 27.2. The highest BCUT2D eigenvalue weighted by Gasteiger charge is 2.32. The van der Waals surface area contributed by atoms with Crippen LogP contribution in [0.4, 0.5) is 4.39 Å². The zero-order valence-corrected chi connectivity index (χ0v) is 22.7. The van der Waals surface area contributed by atoms with E-state index < -0.39 is 0 Å². The average molecular weight is 541 g/mol. The number of carbonyl (C=O) groups excluding carboxylic acids is 2. The highest BCUT2D eigenvalue weighted by molar-refractivity contribution is 5.91. The average Bonchev–Trinajstić information content (AvgIpc) is 3.44. The van der Waals surface area contributed by atoms with Crippen LogP contribution < -0.4 is 10.1 Å². The Morgan fingerprint density at radius 3 is 2.55 bits per heavy atom. The predicted molar refractivity (Wildman–Crippen MR) is 150 cm³/mol. The van der Waals surface area contributed by atoms with Gasteiger partial charge in [0.05, 0.1) is 6.04 Å². The third kappa shape index (κ3) is 6.42. The molecule has 3 aromatic carbocycles. The van der Waals surface area contributed by atoms with Gasteiger partial charge in [-0.05, 0) is 71.0 Å². The van der Waals surface area contributed by atoms with Gasteiger partial charge in [0.1, 0.15) is 23.9 Å². The van der Waals surface area contributed by atoms with E-state index in [9.17, 15) is 14.0 Å². The van der Waals surface area contributed by atoms with Gasteiger partial charge in [0, 0.05) is 19.5 Å². The molecule has 1 aromatic heterocycles. The third-order valence-electron chi connectivity index (χ3n) is 7.00. The van der Waals surface area contributed by atoms with Crippen molar-refractivity contribution >= 4 is 11.8 Å². The lowest BCUT2D eigenvalue weighted by atomic mass is 9.87. The Kier molecular flexibility index (Phi) is 8.29. The van der Waals surface area contributed by atoms with Crippen molar-refractivity contribution in [3.05, 3.63) is 125 Å². The number of carbonyl (C=O) groups is 2. The molecule has 1 atom stereocenters. The second-order valence-corrected chi connectivity index (χ2v) is 10.5. The van der Waals surface area contributed by atoms with Crippen molar-refractivity contribution in [1.29, 1.82) is 0 Å². The van der Waals surface area contributed by atoms with Crippen LogP contribution in [0.2, 0.25) is 0 Å². The number of nitrogens with one attached hydrogen (secondary N) is 1. The zero-order chi connectivity index (χ0) is 28.1. The summed E-state index contributed by atoms with van der Waals surface area (Å²) in [6, 6.07) is 24.9. The second kappa shape index (κ2) is 12.2. The van der Waals surface area contributed by atoms with Gasteiger partial charge in [0.2, 0.25) is 5.91 Å². The zero-order valence-electron chi connectivity index (χ0n) is 22.7. The van der Waals surface area contributed by atoms with Crippen molar-refractivity contribution in [2.24, 2.45) is 5.92 Å². The maximum atomic E-state index is 13.7. The number of fused-ring (bicyclic) bond motifs is 1. The highest BCUT2D eigenvalue weighted by Crippen LogP contribution is 2.38. The molecular formula is C33H33FN2O4. The molecule has 40 heavy (non-hydrogen) atoms. The van der Waals surface area contributed by atoms with E-state index in [-0.39, 0.29) is 42.0 Å². The molecule has 6 nitrogen and oxygen atoms in total. The Hall–Kier alpha value is -4.39. The molecule has 0 saturated heterocycles. The molecule has 0 bridgehead atoms. The van der Waals surface area contributed by atoms with Crippen LogP contribution in [0.1, 0.15) is 64.9 Å². The highest BCUT2D eigenvalue weighted by atomic mass is 19.1. The van der Waals surface area contributed by atoms with Crippen LogP contribution in [0.25, 0.3) is 0 Å². The largest absolute Gasteiger partial charge is 0.486 e. The Morgan fingerprint density at radius 2 is 1.80 bits per heavy atom. The van der Waals surface area contributed by atoms with Gasteiger partial charge in [-0.15, -0.1) is 0 Å². The van der Waals surface area contributed by atoms with Crippen LogP contribution in [0.3, 0.4) is 0 Å². The fourth-order valence-corrected chi connectivity index (χ4v) is 5.02. The summed E-state index contributed by atoms with van der Waals surface area (Å²) in [6.07, 6.45) is 1.18. The number of hydrogen-bond acceptors (Lipinski definition) is 4. The number of hydrogen-bond donors (Lipinski definition) is 1. The van der Waals surface area contributed by atoms with Gasteiger partial charge in [0.15, 0.2) is 5.76 Å². The maximum Gasteiger partial charge on any atom is 0.287 e. The van der Waals surface area contributed by atoms with Crippen LogP contribution >= 0.6 is 0 Å². The van der Waals surface area contributed by atoms with Gasteiger partial charge >= 0.3 is 0 Å². The lowest BCUT2D eigenvalue weighted by molar-refractivity contribution is -0.134. The quantitative estimate of drug-likeness (QED) is 0.265. The van der Waals surface area contributed by atoms with Gasteiger partial charge in [-0.25, -0.2) is 4.39 Å². The summed E-state index contributed by atoms with van der Waals surface area (Å²) in [6.45, 7) is 5.21. The van der Waals surface area contributed by atoms with E-state index in [0.29, 0.717) is 31.0 Å². The standard InChI is InChI=1S/C33H33FN2O4/c1-22(2)18-31(37)36-17-16-24-10-13-27(19-29(24)32(36)25-8-11-26(34)12-9-25)39-21-28-14-15-30(40-28)33(38)35-20-23-6-4-3-5-7-23/h3-15,19,22,32H,16-18,20-21H2,1-2H3,(H,35,38). The van der Waals surface area contributed by atoms with Gasteiger partial charge in [0.25, 0.3) is 5.91 Å². The predicted octanol–water partition coefficient (Wildman–Crippen LogP) is 6.45. The number of benzene rings is 3. The lowest BCUT2D eigenvalue weighted by Gasteiger charge is -2.38. The van der Waals surface area contributed by atoms with Gasteiger partial charge in [-0.2, -0.15) is 0 Å². The number of amides is 2. The third-order valence-corrected chi connectivity index (χ3v) is 7.00. The molecule has 206 valence electrons. The SMILES string of the molecule is CC(C)CC(=O)N1CCc2ccc(OCc3ccc(C(=O)NCc4ccccc4)o3)cc2C1c1ccc(F)cc1. The van der Waals surface area contributed by atoms with E-state index >= 15 is 0 Å². The summed E-state index contributed by atoms with van der Waals surface area (Å²) in [7, 11) is 0. The number of ether oxygens (including phenoxy) is 1. The molecule has 4 aromatic rings. The second-order valence-electron chi connectivity index (χ2n) is 10.5. The summed E-state index contributed by atoms with van der Waals surface area (Å²) in [4.78, 5) is 27.6. The molecular weight excluding hydrogens is 507 g/mol. The van der Waals surface area contributed by atoms with Crippen molar-refractivity contribution < 1.29 is 23.1 Å². The fourth-order valence-electron chi connectivity index (χ4n) is 5.02. The van der Waals surface area contributed by atoms with Crippen LogP contribution in [-0.4, -0.2) is 23.3 Å². The van der Waals surface area contributed by atoms with Crippen molar-refractivity contribution in [3.63, 3.8) is 0 Å². The number of nitrogens with zero attached hydrogens (tertiary/aromatic N) is 1. The topological polar surface area (TPSA) is 71.8 Å². The minimum Gasteiger partial charge on any atom is -0.486 e. The molecule has 1 N–H and O–H groups in total. The molecule has 1 unspecified atom stereocenters. The summed E-state index contributed by atoms with van der Waals surface area (Å²) >= 11 is 0. The Morgan fingerprint density at radius 1 is 1.02 bits per heavy atom. The first-order valence-corrected chi connectivity index (χ1v) is 13.6. The van der Waals surface area contributed by atoms with E-state index in [1.807, 2.05) is 67.3 Å². The van der Waals surface area contributed by atoms with E-state index in [1.165, 1.54) is 12.1 Å². The first-order valence-electron chi connectivity index (χ1n) is 13.6. The molecule has 0 spiro atoms. The van der Waals surface area contributed by atoms with Gasteiger partial charge in [-0.3, -0.25) is 9.59 Å². The first-order chi connectivity index (χ1) is 19.4. The number of rotatable bonds is 9. The van der Waals surface area contributed by atoms with E-state index in [0.717, 1.165) is 28.7 Å². The monoisotopic (exact) mass is 540 g/mol. The number of halogens is 1. The molecule has 0 radical (unpaired) electrons. The normalized spacial score (nSPS) is 14.6. The smallest absolute Gasteiger partial charge is 0.287 e. The molecule has 2 amide bonds. The summed E-state index contributed by atoms with van der Waals surface area (Å²) in [5.41, 5.74) is 3.95. The van der Waals surface area contributed by atoms with E-state index in [2.05, 4.69) is 5.32 Å². The van der Waals surface area contributed by atoms with Crippen molar-refractivity contribution in [2.75, 3.05) is 6.54 Å². The Balaban J connectivity index is 1.30. The Labute approximate surface area is 233 Å². The van der Waals surface area contributed by atoms with Crippen molar-refractivity contribution in [2.45, 2.75) is 45.9 Å². The minimum atomic E-state index is -0.331. The lowest BCUT2D eigenvalue weighted by Crippen LogP contribution is -2.41. The van der Waals surface area contributed by atoms with Gasteiger partial charge in [-0.1, -0.05) is 62.4 Å². The summed E-state index contributed by atoms with van der Waals surface area (Å²) in [5, 5.41) is 2.86. The van der Waals surface area contributed by atoms with E-state index in [1.54, 1.807) is 24.3 Å². The fraction of sp³-hybridized carbons (Fsp3) is 0.273. The minimum absolute atomic E-state index is 0.0787. The van der Waals surface area contributed by atoms with Crippen LogP contribution in [0, 0.1) is 11.7 Å². The molecule has 0 saturated carbocycles. The molecule has 7 heteroatoms. The van der Waals surface area contributed by atoms with Crippen molar-refractivity contribution in [1.82, 2.24) is 10.2 Å². The van der Waals surface area contributed by atoms with Crippen LogP contribution in [0.5, 0.6) is 5.75 Å². The molecule has 0 fully saturated rings. The van der Waals surface area contributed by atoms with Crippen LogP contribution in [-0.2, 0) is 24.4 Å². The molecule has 2 heterocycles. The number of furan rings is 1. The molecule has 0 aliphatic carbocycles. The van der Waals surface area contributed by atoms with Gasteiger partial charge < -0.3 is 19.4 Å². The molecule has 1 aliphatic heterocycles. The van der Waals surface area contributed by atoms with E-state index in [4.69, 9.17) is 9.15 Å². The maximum absolute atomic E-state index is 13.7. The van der Waals surface area contributed by atoms with Crippen LogP contribution in [0.15, 0.2) is 89.3 Å².